The van der Waals surface area contributed by atoms with Crippen molar-refractivity contribution in [3.05, 3.63) is 45.4 Å². The fourth-order valence-electron chi connectivity index (χ4n) is 3.25. The van der Waals surface area contributed by atoms with Gasteiger partial charge in [0.2, 0.25) is 0 Å². The smallest absolute Gasteiger partial charge is 0.251 e. The predicted octanol–water partition coefficient (Wildman–Crippen LogP) is 3.62. The third kappa shape index (κ3) is 2.68. The van der Waals surface area contributed by atoms with Crippen LogP contribution in [0.4, 0.5) is 0 Å². The molecule has 2 aromatic heterocycles. The first kappa shape index (κ1) is 15.8. The van der Waals surface area contributed by atoms with Crippen molar-refractivity contribution < 1.29 is 4.42 Å². The number of aryl methyl sites for hydroxylation is 4. The average Bonchev–Trinajstić information content (AvgIpc) is 2.77. The quantitative estimate of drug-likeness (QED) is 0.738. The first-order valence-electron chi connectivity index (χ1n) is 8.07. The van der Waals surface area contributed by atoms with Crippen LogP contribution in [0.3, 0.4) is 0 Å². The van der Waals surface area contributed by atoms with Crippen LogP contribution >= 0.6 is 0 Å². The van der Waals surface area contributed by atoms with Gasteiger partial charge < -0.3 is 13.9 Å². The second kappa shape index (κ2) is 5.85. The zero-order chi connectivity index (χ0) is 16.7. The maximum absolute atomic E-state index is 12.6. The lowest BCUT2D eigenvalue weighted by atomic mass is 10.0. The van der Waals surface area contributed by atoms with Crippen LogP contribution in [-0.2, 0) is 6.54 Å². The summed E-state index contributed by atoms with van der Waals surface area (Å²) >= 11 is 0. The number of hydrogen-bond donors (Lipinski definition) is 0. The van der Waals surface area contributed by atoms with E-state index in [1.165, 1.54) is 0 Å². The van der Waals surface area contributed by atoms with Crippen LogP contribution in [0.1, 0.15) is 23.3 Å². The third-order valence-electron chi connectivity index (χ3n) is 4.59. The minimum atomic E-state index is 0.0690. The van der Waals surface area contributed by atoms with Gasteiger partial charge in [0.15, 0.2) is 0 Å². The van der Waals surface area contributed by atoms with Crippen molar-refractivity contribution in [2.45, 2.75) is 33.7 Å². The van der Waals surface area contributed by atoms with E-state index < -0.39 is 0 Å². The van der Waals surface area contributed by atoms with Gasteiger partial charge in [-0.25, -0.2) is 0 Å². The van der Waals surface area contributed by atoms with Gasteiger partial charge >= 0.3 is 0 Å². The number of furan rings is 1. The summed E-state index contributed by atoms with van der Waals surface area (Å²) in [6.07, 6.45) is 0.942. The molecule has 0 fully saturated rings. The van der Waals surface area contributed by atoms with Crippen molar-refractivity contribution >= 4 is 21.9 Å². The van der Waals surface area contributed by atoms with Crippen molar-refractivity contribution in [3.8, 4) is 0 Å². The standard InChI is InChI=1S/C19H24N2O2/c1-12-11-17(22)21(10-6-9-20(4)5)19-15(12)7-8-16-18(19)13(2)14(3)23-16/h7-8,11H,6,9-10H2,1-5H3. The number of hydrogen-bond acceptors (Lipinski definition) is 3. The van der Waals surface area contributed by atoms with Crippen LogP contribution < -0.4 is 5.56 Å². The molecule has 4 heteroatoms. The topological polar surface area (TPSA) is 38.4 Å². The maximum Gasteiger partial charge on any atom is 0.251 e. The van der Waals surface area contributed by atoms with E-state index in [4.69, 9.17) is 4.42 Å². The molecule has 0 saturated carbocycles. The molecule has 0 N–H and O–H groups in total. The Morgan fingerprint density at radius 3 is 2.61 bits per heavy atom. The summed E-state index contributed by atoms with van der Waals surface area (Å²) in [6, 6.07) is 5.82. The molecule has 2 heterocycles. The summed E-state index contributed by atoms with van der Waals surface area (Å²) < 4.78 is 7.77. The first-order valence-corrected chi connectivity index (χ1v) is 8.07. The molecule has 0 aliphatic rings. The number of benzene rings is 1. The summed E-state index contributed by atoms with van der Waals surface area (Å²) in [5, 5.41) is 2.21. The van der Waals surface area contributed by atoms with Crippen LogP contribution in [0.2, 0.25) is 0 Å². The Hall–Kier alpha value is -2.07. The minimum Gasteiger partial charge on any atom is -0.461 e. The summed E-state index contributed by atoms with van der Waals surface area (Å²) in [6.45, 7) is 7.72. The molecule has 23 heavy (non-hydrogen) atoms. The van der Waals surface area contributed by atoms with Crippen molar-refractivity contribution in [2.24, 2.45) is 0 Å². The van der Waals surface area contributed by atoms with E-state index in [0.29, 0.717) is 0 Å². The largest absolute Gasteiger partial charge is 0.461 e. The van der Waals surface area contributed by atoms with Gasteiger partial charge in [-0.1, -0.05) is 0 Å². The van der Waals surface area contributed by atoms with E-state index >= 15 is 0 Å². The van der Waals surface area contributed by atoms with Crippen LogP contribution in [0.5, 0.6) is 0 Å². The minimum absolute atomic E-state index is 0.0690. The Labute approximate surface area is 136 Å². The zero-order valence-electron chi connectivity index (χ0n) is 14.6. The van der Waals surface area contributed by atoms with Crippen molar-refractivity contribution in [1.29, 1.82) is 0 Å². The van der Waals surface area contributed by atoms with E-state index in [9.17, 15) is 4.79 Å². The summed E-state index contributed by atoms with van der Waals surface area (Å²) in [5.41, 5.74) is 4.09. The maximum atomic E-state index is 12.6. The Morgan fingerprint density at radius 2 is 1.91 bits per heavy atom. The Kier molecular flexibility index (Phi) is 4.02. The molecular formula is C19H24N2O2. The Morgan fingerprint density at radius 1 is 1.17 bits per heavy atom. The fourth-order valence-corrected chi connectivity index (χ4v) is 3.25. The number of pyridine rings is 1. The molecule has 0 aliphatic carbocycles. The molecule has 122 valence electrons. The van der Waals surface area contributed by atoms with Gasteiger partial charge in [-0.3, -0.25) is 4.79 Å². The highest BCUT2D eigenvalue weighted by atomic mass is 16.3. The van der Waals surface area contributed by atoms with Gasteiger partial charge in [0.1, 0.15) is 11.3 Å². The third-order valence-corrected chi connectivity index (χ3v) is 4.59. The lowest BCUT2D eigenvalue weighted by molar-refractivity contribution is 0.386. The van der Waals surface area contributed by atoms with E-state index in [2.05, 4.69) is 32.0 Å². The van der Waals surface area contributed by atoms with Gasteiger partial charge in [0.25, 0.3) is 5.56 Å². The highest BCUT2D eigenvalue weighted by molar-refractivity contribution is 6.06. The first-order chi connectivity index (χ1) is 10.9. The van der Waals surface area contributed by atoms with Crippen molar-refractivity contribution in [3.63, 3.8) is 0 Å². The van der Waals surface area contributed by atoms with Crippen LogP contribution in [0.15, 0.2) is 27.4 Å². The second-order valence-electron chi connectivity index (χ2n) is 6.59. The molecule has 0 spiro atoms. The summed E-state index contributed by atoms with van der Waals surface area (Å²) in [4.78, 5) is 14.8. The van der Waals surface area contributed by atoms with E-state index in [0.717, 1.165) is 58.3 Å². The van der Waals surface area contributed by atoms with Gasteiger partial charge in [0.05, 0.1) is 5.52 Å². The lowest BCUT2D eigenvalue weighted by Crippen LogP contribution is -2.23. The molecule has 3 rings (SSSR count). The highest BCUT2D eigenvalue weighted by Gasteiger charge is 2.15. The van der Waals surface area contributed by atoms with E-state index in [1.54, 1.807) is 6.07 Å². The SMILES string of the molecule is Cc1oc2ccc3c(C)cc(=O)n(CCCN(C)C)c3c2c1C. The molecule has 0 atom stereocenters. The van der Waals surface area contributed by atoms with E-state index in [1.807, 2.05) is 24.5 Å². The molecule has 0 bridgehead atoms. The molecule has 0 radical (unpaired) electrons. The summed E-state index contributed by atoms with van der Waals surface area (Å²) in [7, 11) is 4.11. The van der Waals surface area contributed by atoms with Crippen LogP contribution in [0, 0.1) is 20.8 Å². The zero-order valence-corrected chi connectivity index (χ0v) is 14.6. The van der Waals surface area contributed by atoms with Crippen molar-refractivity contribution in [1.82, 2.24) is 9.47 Å². The molecule has 4 nitrogen and oxygen atoms in total. The van der Waals surface area contributed by atoms with Crippen LogP contribution in [-0.4, -0.2) is 30.1 Å². The van der Waals surface area contributed by atoms with Gasteiger partial charge in [0, 0.05) is 28.9 Å². The molecule has 0 amide bonds. The molecule has 0 aliphatic heterocycles. The lowest BCUT2D eigenvalue weighted by Gasteiger charge is -2.15. The monoisotopic (exact) mass is 312 g/mol. The van der Waals surface area contributed by atoms with Crippen LogP contribution in [0.25, 0.3) is 21.9 Å². The van der Waals surface area contributed by atoms with E-state index in [-0.39, 0.29) is 5.56 Å². The average molecular weight is 312 g/mol. The van der Waals surface area contributed by atoms with Gasteiger partial charge in [-0.05, 0) is 65.5 Å². The number of aromatic nitrogens is 1. The molecule has 1 aromatic carbocycles. The number of rotatable bonds is 4. The van der Waals surface area contributed by atoms with Crippen molar-refractivity contribution in [2.75, 3.05) is 20.6 Å². The second-order valence-corrected chi connectivity index (χ2v) is 6.59. The number of nitrogens with zero attached hydrogens (tertiary/aromatic N) is 2. The molecule has 0 saturated heterocycles. The molecule has 3 aromatic rings. The molecular weight excluding hydrogens is 288 g/mol. The number of fused-ring (bicyclic) bond motifs is 3. The molecule has 0 unspecified atom stereocenters. The summed E-state index contributed by atoms with van der Waals surface area (Å²) in [5.74, 6) is 0.918. The normalized spacial score (nSPS) is 11.9. The van der Waals surface area contributed by atoms with Gasteiger partial charge in [-0.15, -0.1) is 0 Å². The Bertz CT molecular complexity index is 932. The fraction of sp³-hybridized carbons (Fsp3) is 0.421. The Balaban J connectivity index is 2.30. The predicted molar refractivity (Wildman–Crippen MR) is 95.4 cm³/mol. The van der Waals surface area contributed by atoms with Gasteiger partial charge in [-0.2, -0.15) is 0 Å². The highest BCUT2D eigenvalue weighted by Crippen LogP contribution is 2.32.